The Morgan fingerprint density at radius 1 is 1.44 bits per heavy atom. The predicted molar refractivity (Wildman–Crippen MR) is 69.7 cm³/mol. The van der Waals surface area contributed by atoms with Gasteiger partial charge in [-0.1, -0.05) is 19.1 Å². The standard InChI is InChI=1S/C14H16N2O2/c1-3-8-16-9-7-15-13(16)11-5-4-6-12(10(11)2)14(17)18/h4-7,9H,3,8H2,1-2H3,(H,17,18). The van der Waals surface area contributed by atoms with Gasteiger partial charge in [-0.05, 0) is 25.0 Å². The third-order valence-corrected chi connectivity index (χ3v) is 2.99. The molecule has 1 N–H and O–H groups in total. The van der Waals surface area contributed by atoms with Crippen LogP contribution in [0.2, 0.25) is 0 Å². The van der Waals surface area contributed by atoms with E-state index in [2.05, 4.69) is 11.9 Å². The van der Waals surface area contributed by atoms with Gasteiger partial charge in [-0.3, -0.25) is 0 Å². The summed E-state index contributed by atoms with van der Waals surface area (Å²) in [6.45, 7) is 4.81. The fourth-order valence-corrected chi connectivity index (χ4v) is 2.08. The van der Waals surface area contributed by atoms with Crippen molar-refractivity contribution < 1.29 is 9.90 Å². The average molecular weight is 244 g/mol. The summed E-state index contributed by atoms with van der Waals surface area (Å²) in [4.78, 5) is 15.5. The first-order valence-electron chi connectivity index (χ1n) is 5.99. The second kappa shape index (κ2) is 5.04. The molecule has 4 nitrogen and oxygen atoms in total. The molecule has 0 fully saturated rings. The van der Waals surface area contributed by atoms with Gasteiger partial charge >= 0.3 is 5.97 Å². The summed E-state index contributed by atoms with van der Waals surface area (Å²) in [6.07, 6.45) is 4.69. The molecule has 0 spiro atoms. The van der Waals surface area contributed by atoms with E-state index in [1.54, 1.807) is 18.3 Å². The number of benzene rings is 1. The summed E-state index contributed by atoms with van der Waals surface area (Å²) in [5, 5.41) is 9.13. The van der Waals surface area contributed by atoms with Crippen molar-refractivity contribution in [2.24, 2.45) is 0 Å². The number of imidazole rings is 1. The zero-order valence-corrected chi connectivity index (χ0v) is 10.6. The summed E-state index contributed by atoms with van der Waals surface area (Å²) in [6, 6.07) is 5.29. The van der Waals surface area contributed by atoms with Gasteiger partial charge in [0.15, 0.2) is 0 Å². The number of hydrogen-bond donors (Lipinski definition) is 1. The third-order valence-electron chi connectivity index (χ3n) is 2.99. The molecule has 1 heterocycles. The van der Waals surface area contributed by atoms with Gasteiger partial charge in [0.2, 0.25) is 0 Å². The normalized spacial score (nSPS) is 10.6. The largest absolute Gasteiger partial charge is 0.478 e. The van der Waals surface area contributed by atoms with Gasteiger partial charge in [-0.2, -0.15) is 0 Å². The molecule has 0 unspecified atom stereocenters. The Morgan fingerprint density at radius 3 is 2.89 bits per heavy atom. The lowest BCUT2D eigenvalue weighted by atomic mass is 10.0. The lowest BCUT2D eigenvalue weighted by Crippen LogP contribution is -2.04. The molecule has 1 aromatic heterocycles. The molecule has 0 saturated heterocycles. The molecule has 18 heavy (non-hydrogen) atoms. The van der Waals surface area contributed by atoms with Crippen molar-refractivity contribution in [3.8, 4) is 11.4 Å². The van der Waals surface area contributed by atoms with Gasteiger partial charge in [0.05, 0.1) is 5.56 Å². The van der Waals surface area contributed by atoms with Crippen LogP contribution >= 0.6 is 0 Å². The van der Waals surface area contributed by atoms with E-state index in [4.69, 9.17) is 5.11 Å². The highest BCUT2D eigenvalue weighted by molar-refractivity contribution is 5.91. The SMILES string of the molecule is CCCn1ccnc1-c1cccc(C(=O)O)c1C. The van der Waals surface area contributed by atoms with Crippen molar-refractivity contribution in [2.45, 2.75) is 26.8 Å². The van der Waals surface area contributed by atoms with E-state index >= 15 is 0 Å². The number of carboxylic acid groups (broad SMARTS) is 1. The third kappa shape index (κ3) is 2.14. The first kappa shape index (κ1) is 12.4. The Bertz CT molecular complexity index is 573. The second-order valence-electron chi connectivity index (χ2n) is 4.23. The van der Waals surface area contributed by atoms with Gasteiger partial charge in [-0.15, -0.1) is 0 Å². The summed E-state index contributed by atoms with van der Waals surface area (Å²) < 4.78 is 2.05. The number of hydrogen-bond acceptors (Lipinski definition) is 2. The summed E-state index contributed by atoms with van der Waals surface area (Å²) in [5.41, 5.74) is 1.97. The highest BCUT2D eigenvalue weighted by Crippen LogP contribution is 2.24. The van der Waals surface area contributed by atoms with E-state index in [0.717, 1.165) is 29.9 Å². The molecule has 0 atom stereocenters. The monoisotopic (exact) mass is 244 g/mol. The van der Waals surface area contributed by atoms with Gasteiger partial charge in [0, 0.05) is 24.5 Å². The maximum Gasteiger partial charge on any atom is 0.335 e. The molecular formula is C14H16N2O2. The zero-order chi connectivity index (χ0) is 13.1. The van der Waals surface area contributed by atoms with Crippen LogP contribution in [0.1, 0.15) is 29.3 Å². The van der Waals surface area contributed by atoms with Crippen molar-refractivity contribution in [1.82, 2.24) is 9.55 Å². The minimum absolute atomic E-state index is 0.332. The Kier molecular flexibility index (Phi) is 3.46. The van der Waals surface area contributed by atoms with Crippen LogP contribution in [-0.4, -0.2) is 20.6 Å². The van der Waals surface area contributed by atoms with Crippen LogP contribution in [0.3, 0.4) is 0 Å². The minimum atomic E-state index is -0.900. The van der Waals surface area contributed by atoms with Crippen molar-refractivity contribution >= 4 is 5.97 Å². The molecule has 2 aromatic rings. The molecule has 0 saturated carbocycles. The van der Waals surface area contributed by atoms with Crippen molar-refractivity contribution in [1.29, 1.82) is 0 Å². The lowest BCUT2D eigenvalue weighted by Gasteiger charge is -2.10. The maximum atomic E-state index is 11.1. The number of carboxylic acids is 1. The molecule has 0 aliphatic carbocycles. The van der Waals surface area contributed by atoms with Crippen molar-refractivity contribution in [3.63, 3.8) is 0 Å². The molecule has 0 aliphatic rings. The van der Waals surface area contributed by atoms with E-state index in [1.807, 2.05) is 23.8 Å². The number of nitrogens with zero attached hydrogens (tertiary/aromatic N) is 2. The van der Waals surface area contributed by atoms with E-state index in [-0.39, 0.29) is 0 Å². The molecule has 1 aromatic carbocycles. The molecule has 4 heteroatoms. The van der Waals surface area contributed by atoms with Gasteiger partial charge in [0.1, 0.15) is 5.82 Å². The van der Waals surface area contributed by atoms with Gasteiger partial charge < -0.3 is 9.67 Å². The highest BCUT2D eigenvalue weighted by Gasteiger charge is 2.14. The summed E-state index contributed by atoms with van der Waals surface area (Å²) in [5.74, 6) is -0.0691. The van der Waals surface area contributed by atoms with Crippen LogP contribution in [0.4, 0.5) is 0 Å². The smallest absolute Gasteiger partial charge is 0.335 e. The number of carbonyl (C=O) groups is 1. The maximum absolute atomic E-state index is 11.1. The number of rotatable bonds is 4. The molecule has 0 radical (unpaired) electrons. The Balaban J connectivity index is 2.54. The fraction of sp³-hybridized carbons (Fsp3) is 0.286. The molecule has 0 bridgehead atoms. The Morgan fingerprint density at radius 2 is 2.22 bits per heavy atom. The molecule has 94 valence electrons. The predicted octanol–water partition coefficient (Wildman–Crippen LogP) is 2.97. The molecule has 0 amide bonds. The first-order chi connectivity index (χ1) is 8.65. The van der Waals surface area contributed by atoms with Crippen molar-refractivity contribution in [2.75, 3.05) is 0 Å². The van der Waals surface area contributed by atoms with Crippen LogP contribution in [0.5, 0.6) is 0 Å². The van der Waals surface area contributed by atoms with Crippen LogP contribution in [0.15, 0.2) is 30.6 Å². The van der Waals surface area contributed by atoms with E-state index in [0.29, 0.717) is 5.56 Å². The fourth-order valence-electron chi connectivity index (χ4n) is 2.08. The number of aryl methyl sites for hydroxylation is 1. The second-order valence-corrected chi connectivity index (χ2v) is 4.23. The van der Waals surface area contributed by atoms with E-state index in [9.17, 15) is 4.79 Å². The topological polar surface area (TPSA) is 55.1 Å². The number of aromatic carboxylic acids is 1. The molecule has 2 rings (SSSR count). The number of aromatic nitrogens is 2. The van der Waals surface area contributed by atoms with Gasteiger partial charge in [-0.25, -0.2) is 9.78 Å². The highest BCUT2D eigenvalue weighted by atomic mass is 16.4. The Hall–Kier alpha value is -2.10. The zero-order valence-electron chi connectivity index (χ0n) is 10.6. The van der Waals surface area contributed by atoms with Crippen LogP contribution in [0, 0.1) is 6.92 Å². The Labute approximate surface area is 106 Å². The van der Waals surface area contributed by atoms with E-state index in [1.165, 1.54) is 0 Å². The summed E-state index contributed by atoms with van der Waals surface area (Å²) in [7, 11) is 0. The van der Waals surface area contributed by atoms with Crippen molar-refractivity contribution in [3.05, 3.63) is 41.7 Å². The minimum Gasteiger partial charge on any atom is -0.478 e. The molecular weight excluding hydrogens is 228 g/mol. The van der Waals surface area contributed by atoms with Crippen LogP contribution in [0.25, 0.3) is 11.4 Å². The molecule has 0 aliphatic heterocycles. The average Bonchev–Trinajstić information content (AvgIpc) is 2.77. The quantitative estimate of drug-likeness (QED) is 0.899. The summed E-state index contributed by atoms with van der Waals surface area (Å²) >= 11 is 0. The van der Waals surface area contributed by atoms with E-state index < -0.39 is 5.97 Å². The van der Waals surface area contributed by atoms with Gasteiger partial charge in [0.25, 0.3) is 0 Å². The lowest BCUT2D eigenvalue weighted by molar-refractivity contribution is 0.0696. The van der Waals surface area contributed by atoms with Crippen LogP contribution < -0.4 is 0 Å². The van der Waals surface area contributed by atoms with Crippen LogP contribution in [-0.2, 0) is 6.54 Å². The first-order valence-corrected chi connectivity index (χ1v) is 5.99.